The van der Waals surface area contributed by atoms with Crippen LogP contribution in [-0.4, -0.2) is 89.2 Å². The van der Waals surface area contributed by atoms with Crippen LogP contribution in [0.15, 0.2) is 60.8 Å². The first-order valence-electron chi connectivity index (χ1n) is 32.3. The van der Waals surface area contributed by atoms with Gasteiger partial charge in [-0.25, -0.2) is 4.79 Å². The lowest BCUT2D eigenvalue weighted by atomic mass is 9.98. The Bertz CT molecular complexity index is 1600. The molecule has 1 fully saturated rings. The van der Waals surface area contributed by atoms with Gasteiger partial charge in [0.05, 0.1) is 6.61 Å². The molecule has 1 saturated heterocycles. The van der Waals surface area contributed by atoms with Gasteiger partial charge in [-0.15, -0.1) is 0 Å². The van der Waals surface area contributed by atoms with Crippen LogP contribution in [0, 0.1) is 0 Å². The zero-order valence-electron chi connectivity index (χ0n) is 50.4. The summed E-state index contributed by atoms with van der Waals surface area (Å²) in [4.78, 5) is 51.3. The van der Waals surface area contributed by atoms with Crippen molar-refractivity contribution in [1.82, 2.24) is 0 Å². The SMILES string of the molecule is CC/C=C\C/C=C\C/C=C\C/C=C\CCCCC(=O)OC1C(OCC(COC(=O)CCCCCCCCC/C=C\CCCCCCCC)OC(=O)CCCCCCCCCCCCCCCCCCC)OC(C(=O)O)C(O)C1O. The number of ether oxygens (including phenoxy) is 5. The van der Waals surface area contributed by atoms with Crippen LogP contribution in [0.25, 0.3) is 0 Å². The van der Waals surface area contributed by atoms with Crippen molar-refractivity contribution < 1.29 is 58.2 Å². The molecule has 1 aliphatic rings. The molecule has 1 heterocycles. The minimum atomic E-state index is -1.92. The fraction of sp³-hybridized carbons (Fsp3) is 0.791. The summed E-state index contributed by atoms with van der Waals surface area (Å²) in [5.74, 6) is -3.16. The molecule has 0 radical (unpaired) electrons. The van der Waals surface area contributed by atoms with Crippen molar-refractivity contribution >= 4 is 23.9 Å². The number of unbranched alkanes of at least 4 members (excludes halogenated alkanes) is 31. The molecule has 12 heteroatoms. The number of carboxylic acid groups (broad SMARTS) is 1. The lowest BCUT2D eigenvalue weighted by molar-refractivity contribution is -0.301. The largest absolute Gasteiger partial charge is 0.479 e. The average molecular weight is 1110 g/mol. The fourth-order valence-corrected chi connectivity index (χ4v) is 9.65. The first kappa shape index (κ1) is 73.4. The molecule has 0 spiro atoms. The molecule has 1 aliphatic heterocycles. The minimum absolute atomic E-state index is 0.00869. The second-order valence-corrected chi connectivity index (χ2v) is 22.0. The van der Waals surface area contributed by atoms with E-state index >= 15 is 0 Å². The van der Waals surface area contributed by atoms with Gasteiger partial charge < -0.3 is 39.0 Å². The number of carbonyl (C=O) groups excluding carboxylic acids is 3. The Balaban J connectivity index is 2.68. The van der Waals surface area contributed by atoms with Crippen LogP contribution in [0.1, 0.15) is 290 Å². The molecular weight excluding hydrogens is 997 g/mol. The van der Waals surface area contributed by atoms with Crippen molar-refractivity contribution in [1.29, 1.82) is 0 Å². The van der Waals surface area contributed by atoms with Crippen LogP contribution in [-0.2, 0) is 42.9 Å². The van der Waals surface area contributed by atoms with Gasteiger partial charge in [-0.05, 0) is 83.5 Å². The molecule has 0 aromatic rings. The summed E-state index contributed by atoms with van der Waals surface area (Å²) < 4.78 is 28.5. The molecule has 6 atom stereocenters. The Kier molecular flexibility index (Phi) is 51.1. The van der Waals surface area contributed by atoms with Crippen LogP contribution in [0.5, 0.6) is 0 Å². The molecule has 456 valence electrons. The molecule has 0 saturated carbocycles. The van der Waals surface area contributed by atoms with E-state index in [1.165, 1.54) is 148 Å². The standard InChI is InChI=1S/C67H116O12/c1-4-7-10-13-16-19-22-25-28-30-33-35-38-41-44-47-50-53-59(68)75-56-58(77-60(69)54-51-48-45-42-39-37-34-31-29-26-23-20-17-14-11-8-5-2)57-76-67-65(63(72)62(71)64(79-67)66(73)74)78-61(70)55-52-49-46-43-40-36-32-27-24-21-18-15-12-9-6-3/h9,12,18,21,25,27-28,32,40,43,58,62-65,67,71-72H,4-8,10-11,13-17,19-20,22-24,26,29-31,33-39,41-42,44-57H2,1-3H3,(H,73,74)/b12-9-,21-18-,28-25-,32-27-,43-40-. The molecule has 0 aromatic heterocycles. The third-order valence-electron chi connectivity index (χ3n) is 14.6. The number of aliphatic hydroxyl groups excluding tert-OH is 2. The minimum Gasteiger partial charge on any atom is -0.479 e. The summed E-state index contributed by atoms with van der Waals surface area (Å²) in [5, 5.41) is 31.5. The van der Waals surface area contributed by atoms with E-state index in [9.17, 15) is 34.5 Å². The highest BCUT2D eigenvalue weighted by atomic mass is 16.7. The van der Waals surface area contributed by atoms with Crippen LogP contribution in [0.2, 0.25) is 0 Å². The fourth-order valence-electron chi connectivity index (χ4n) is 9.65. The molecule has 0 bridgehead atoms. The molecule has 0 aromatic carbocycles. The predicted octanol–water partition coefficient (Wildman–Crippen LogP) is 17.1. The van der Waals surface area contributed by atoms with Gasteiger partial charge in [0.2, 0.25) is 0 Å². The summed E-state index contributed by atoms with van der Waals surface area (Å²) in [6, 6.07) is 0. The lowest BCUT2D eigenvalue weighted by Crippen LogP contribution is -2.61. The highest BCUT2D eigenvalue weighted by Crippen LogP contribution is 2.27. The van der Waals surface area contributed by atoms with Gasteiger partial charge in [-0.1, -0.05) is 248 Å². The third kappa shape index (κ3) is 44.7. The van der Waals surface area contributed by atoms with Gasteiger partial charge >= 0.3 is 23.9 Å². The van der Waals surface area contributed by atoms with E-state index in [4.69, 9.17) is 23.7 Å². The highest BCUT2D eigenvalue weighted by Gasteiger charge is 2.50. The highest BCUT2D eigenvalue weighted by molar-refractivity contribution is 5.74. The van der Waals surface area contributed by atoms with Gasteiger partial charge in [0.1, 0.15) is 18.8 Å². The molecule has 12 nitrogen and oxygen atoms in total. The Labute approximate surface area is 481 Å². The second-order valence-electron chi connectivity index (χ2n) is 22.0. The van der Waals surface area contributed by atoms with Crippen LogP contribution in [0.3, 0.4) is 0 Å². The smallest absolute Gasteiger partial charge is 0.335 e. The topological polar surface area (TPSA) is 175 Å². The number of allylic oxidation sites excluding steroid dienone is 10. The number of aliphatic carboxylic acids is 1. The summed E-state index contributed by atoms with van der Waals surface area (Å²) in [7, 11) is 0. The Hall–Kier alpha value is -3.58. The average Bonchev–Trinajstić information content (AvgIpc) is 3.43. The van der Waals surface area contributed by atoms with Crippen molar-refractivity contribution in [2.75, 3.05) is 13.2 Å². The van der Waals surface area contributed by atoms with Crippen LogP contribution < -0.4 is 0 Å². The van der Waals surface area contributed by atoms with Crippen molar-refractivity contribution in [3.8, 4) is 0 Å². The van der Waals surface area contributed by atoms with Gasteiger partial charge in [0.15, 0.2) is 24.6 Å². The summed E-state index contributed by atoms with van der Waals surface area (Å²) >= 11 is 0. The number of hydrogen-bond acceptors (Lipinski definition) is 11. The predicted molar refractivity (Wildman–Crippen MR) is 322 cm³/mol. The number of aliphatic hydroxyl groups is 2. The number of rotatable bonds is 55. The zero-order valence-corrected chi connectivity index (χ0v) is 50.4. The summed E-state index contributed by atoms with van der Waals surface area (Å²) in [6.07, 6.45) is 56.1. The maximum Gasteiger partial charge on any atom is 0.335 e. The number of hydrogen-bond donors (Lipinski definition) is 3. The zero-order chi connectivity index (χ0) is 57.5. The maximum atomic E-state index is 13.2. The number of esters is 3. The first-order chi connectivity index (χ1) is 38.6. The van der Waals surface area contributed by atoms with Gasteiger partial charge in [-0.2, -0.15) is 0 Å². The van der Waals surface area contributed by atoms with Gasteiger partial charge in [-0.3, -0.25) is 14.4 Å². The maximum absolute atomic E-state index is 13.2. The van der Waals surface area contributed by atoms with E-state index in [1.807, 2.05) is 0 Å². The first-order valence-corrected chi connectivity index (χ1v) is 32.3. The molecule has 6 unspecified atom stereocenters. The van der Waals surface area contributed by atoms with Crippen LogP contribution >= 0.6 is 0 Å². The van der Waals surface area contributed by atoms with E-state index in [-0.39, 0.29) is 25.9 Å². The number of carbonyl (C=O) groups is 4. The van der Waals surface area contributed by atoms with Crippen molar-refractivity contribution in [3.05, 3.63) is 60.8 Å². The van der Waals surface area contributed by atoms with E-state index < -0.39 is 67.3 Å². The van der Waals surface area contributed by atoms with E-state index in [1.54, 1.807) is 0 Å². The van der Waals surface area contributed by atoms with Gasteiger partial charge in [0.25, 0.3) is 0 Å². The van der Waals surface area contributed by atoms with Crippen molar-refractivity contribution in [2.45, 2.75) is 327 Å². The number of carboxylic acids is 1. The van der Waals surface area contributed by atoms with E-state index in [0.29, 0.717) is 25.7 Å². The van der Waals surface area contributed by atoms with E-state index in [2.05, 4.69) is 81.5 Å². The molecule has 0 amide bonds. The molecule has 3 N–H and O–H groups in total. The van der Waals surface area contributed by atoms with Gasteiger partial charge in [0, 0.05) is 19.3 Å². The lowest BCUT2D eigenvalue weighted by Gasteiger charge is -2.40. The second kappa shape index (κ2) is 55.0. The monoisotopic (exact) mass is 1110 g/mol. The summed E-state index contributed by atoms with van der Waals surface area (Å²) in [5.41, 5.74) is 0. The molecule has 1 rings (SSSR count). The van der Waals surface area contributed by atoms with E-state index in [0.717, 1.165) is 77.0 Å². The quantitative estimate of drug-likeness (QED) is 0.0228. The summed E-state index contributed by atoms with van der Waals surface area (Å²) in [6.45, 7) is 5.89. The molecular formula is C67H116O12. The Morgan fingerprint density at radius 1 is 0.430 bits per heavy atom. The Morgan fingerprint density at radius 2 is 0.797 bits per heavy atom. The molecule has 0 aliphatic carbocycles. The normalized spacial score (nSPS) is 18.2. The van der Waals surface area contributed by atoms with Crippen LogP contribution in [0.4, 0.5) is 0 Å². The molecule has 79 heavy (non-hydrogen) atoms. The third-order valence-corrected chi connectivity index (χ3v) is 14.6. The Morgan fingerprint density at radius 3 is 1.25 bits per heavy atom. The van der Waals surface area contributed by atoms with Crippen molar-refractivity contribution in [2.24, 2.45) is 0 Å². The van der Waals surface area contributed by atoms with Crippen molar-refractivity contribution in [3.63, 3.8) is 0 Å².